The van der Waals surface area contributed by atoms with E-state index in [1.165, 1.54) is 24.4 Å². The number of nitrogens with one attached hydrogen (secondary N) is 1. The summed E-state index contributed by atoms with van der Waals surface area (Å²) in [4.78, 5) is 27.3. The maximum atomic E-state index is 12.4. The first-order valence-electron chi connectivity index (χ1n) is 9.56. The molecule has 1 aromatic carbocycles. The van der Waals surface area contributed by atoms with E-state index in [4.69, 9.17) is 4.98 Å². The van der Waals surface area contributed by atoms with E-state index < -0.39 is 0 Å². The first-order valence-corrected chi connectivity index (χ1v) is 9.56. The summed E-state index contributed by atoms with van der Waals surface area (Å²) >= 11 is 0. The van der Waals surface area contributed by atoms with E-state index in [2.05, 4.69) is 19.4 Å². The van der Waals surface area contributed by atoms with Crippen LogP contribution in [-0.4, -0.2) is 31.0 Å². The number of fused-ring (bicyclic) bond motifs is 2. The van der Waals surface area contributed by atoms with Crippen LogP contribution in [0, 0.1) is 0 Å². The van der Waals surface area contributed by atoms with Crippen LogP contribution in [0.1, 0.15) is 49.1 Å². The zero-order valence-electron chi connectivity index (χ0n) is 14.8. The highest BCUT2D eigenvalue weighted by Crippen LogP contribution is 2.32. The van der Waals surface area contributed by atoms with Crippen LogP contribution in [0.25, 0.3) is 10.9 Å². The van der Waals surface area contributed by atoms with Crippen molar-refractivity contribution in [3.05, 3.63) is 58.2 Å². The molecular weight excluding hydrogens is 326 g/mol. The summed E-state index contributed by atoms with van der Waals surface area (Å²) in [6.45, 7) is 2.98. The van der Waals surface area contributed by atoms with Crippen LogP contribution >= 0.6 is 0 Å². The van der Waals surface area contributed by atoms with Crippen molar-refractivity contribution in [2.45, 2.75) is 51.2 Å². The molecule has 1 atom stereocenters. The second-order valence-electron chi connectivity index (χ2n) is 7.37. The third kappa shape index (κ3) is 2.65. The van der Waals surface area contributed by atoms with Gasteiger partial charge in [-0.1, -0.05) is 12.1 Å². The lowest BCUT2D eigenvalue weighted by molar-refractivity contribution is 0.232. The molecular formula is C20H23N5O. The van der Waals surface area contributed by atoms with E-state index >= 15 is 0 Å². The first kappa shape index (κ1) is 15.8. The number of hydrogen-bond donors (Lipinski definition) is 1. The van der Waals surface area contributed by atoms with Gasteiger partial charge >= 0.3 is 0 Å². The minimum Gasteiger partial charge on any atom is -0.331 e. The molecule has 3 aromatic rings. The monoisotopic (exact) mass is 349 g/mol. The van der Waals surface area contributed by atoms with Gasteiger partial charge in [0.05, 0.1) is 22.6 Å². The number of hydrogen-bond acceptors (Lipinski definition) is 4. The van der Waals surface area contributed by atoms with Crippen molar-refractivity contribution in [2.24, 2.45) is 0 Å². The van der Waals surface area contributed by atoms with Crippen molar-refractivity contribution in [3.63, 3.8) is 0 Å². The molecule has 26 heavy (non-hydrogen) atoms. The van der Waals surface area contributed by atoms with Crippen molar-refractivity contribution in [1.82, 2.24) is 24.4 Å². The van der Waals surface area contributed by atoms with Gasteiger partial charge in [-0.05, 0) is 44.4 Å². The van der Waals surface area contributed by atoms with Crippen molar-refractivity contribution in [2.75, 3.05) is 6.54 Å². The van der Waals surface area contributed by atoms with Crippen LogP contribution in [0.2, 0.25) is 0 Å². The Balaban J connectivity index is 1.46. The minimum atomic E-state index is -0.0424. The summed E-state index contributed by atoms with van der Waals surface area (Å²) in [7, 11) is 0. The summed E-state index contributed by atoms with van der Waals surface area (Å²) in [5.74, 6) is 2.02. The SMILES string of the molecule is O=c1[nH]c(C2CCCN2Cc2cnc3n2CCCC3)nc2ccccc12. The van der Waals surface area contributed by atoms with Crippen molar-refractivity contribution in [3.8, 4) is 0 Å². The fourth-order valence-corrected chi connectivity index (χ4v) is 4.40. The first-order chi connectivity index (χ1) is 12.8. The Kier molecular flexibility index (Phi) is 3.85. The van der Waals surface area contributed by atoms with E-state index in [-0.39, 0.29) is 11.6 Å². The number of aromatic nitrogens is 4. The molecule has 2 aromatic heterocycles. The van der Waals surface area contributed by atoms with E-state index in [0.29, 0.717) is 5.39 Å². The smallest absolute Gasteiger partial charge is 0.258 e. The fraction of sp³-hybridized carbons (Fsp3) is 0.450. The van der Waals surface area contributed by atoms with Crippen LogP contribution < -0.4 is 5.56 Å². The molecule has 1 fully saturated rings. The van der Waals surface area contributed by atoms with Gasteiger partial charge in [0.2, 0.25) is 0 Å². The predicted molar refractivity (Wildman–Crippen MR) is 99.9 cm³/mol. The van der Waals surface area contributed by atoms with Crippen molar-refractivity contribution >= 4 is 10.9 Å². The zero-order valence-corrected chi connectivity index (χ0v) is 14.8. The number of rotatable bonds is 3. The largest absolute Gasteiger partial charge is 0.331 e. The van der Waals surface area contributed by atoms with Crippen molar-refractivity contribution in [1.29, 1.82) is 0 Å². The van der Waals surface area contributed by atoms with Gasteiger partial charge in [-0.25, -0.2) is 9.97 Å². The second-order valence-corrected chi connectivity index (χ2v) is 7.37. The molecule has 2 aliphatic rings. The number of nitrogens with zero attached hydrogens (tertiary/aromatic N) is 4. The molecule has 2 aliphatic heterocycles. The molecule has 1 N–H and O–H groups in total. The maximum Gasteiger partial charge on any atom is 0.258 e. The van der Waals surface area contributed by atoms with Gasteiger partial charge in [-0.2, -0.15) is 0 Å². The number of likely N-dealkylation sites (tertiary alicyclic amines) is 1. The Morgan fingerprint density at radius 2 is 2.08 bits per heavy atom. The Labute approximate surface area is 151 Å². The third-order valence-corrected chi connectivity index (χ3v) is 5.73. The van der Waals surface area contributed by atoms with Gasteiger partial charge in [-0.3, -0.25) is 9.69 Å². The highest BCUT2D eigenvalue weighted by Gasteiger charge is 2.29. The van der Waals surface area contributed by atoms with Crippen LogP contribution in [0.3, 0.4) is 0 Å². The summed E-state index contributed by atoms with van der Waals surface area (Å²) in [5, 5.41) is 0.658. The molecule has 0 saturated carbocycles. The van der Waals surface area contributed by atoms with Crippen LogP contribution in [-0.2, 0) is 19.5 Å². The number of imidazole rings is 1. The minimum absolute atomic E-state index is 0.0424. The quantitative estimate of drug-likeness (QED) is 0.790. The summed E-state index contributed by atoms with van der Waals surface area (Å²) in [6, 6.07) is 7.73. The average Bonchev–Trinajstić information content (AvgIpc) is 3.30. The number of H-pyrrole nitrogens is 1. The molecule has 5 rings (SSSR count). The summed E-state index contributed by atoms with van der Waals surface area (Å²) in [5.41, 5.74) is 2.02. The zero-order chi connectivity index (χ0) is 17.5. The molecule has 134 valence electrons. The molecule has 0 amide bonds. The third-order valence-electron chi connectivity index (χ3n) is 5.73. The van der Waals surface area contributed by atoms with E-state index in [1.54, 1.807) is 0 Å². The van der Waals surface area contributed by atoms with Crippen LogP contribution in [0.15, 0.2) is 35.3 Å². The van der Waals surface area contributed by atoms with Crippen LogP contribution in [0.4, 0.5) is 0 Å². The van der Waals surface area contributed by atoms with Gasteiger partial charge < -0.3 is 9.55 Å². The molecule has 0 aliphatic carbocycles. The van der Waals surface area contributed by atoms with Crippen molar-refractivity contribution < 1.29 is 0 Å². The summed E-state index contributed by atoms with van der Waals surface area (Å²) < 4.78 is 2.38. The number of aryl methyl sites for hydroxylation is 1. The molecule has 6 heteroatoms. The Morgan fingerprint density at radius 3 is 3.04 bits per heavy atom. The van der Waals surface area contributed by atoms with E-state index in [0.717, 1.165) is 50.2 Å². The fourth-order valence-electron chi connectivity index (χ4n) is 4.40. The maximum absolute atomic E-state index is 12.4. The number of benzene rings is 1. The van der Waals surface area contributed by atoms with Gasteiger partial charge in [0.25, 0.3) is 5.56 Å². The molecule has 1 unspecified atom stereocenters. The molecule has 0 spiro atoms. The Morgan fingerprint density at radius 1 is 1.15 bits per heavy atom. The average molecular weight is 349 g/mol. The van der Waals surface area contributed by atoms with Gasteiger partial charge in [0.1, 0.15) is 11.6 Å². The molecule has 0 radical (unpaired) electrons. The molecule has 0 bridgehead atoms. The lowest BCUT2D eigenvalue weighted by Crippen LogP contribution is -2.27. The van der Waals surface area contributed by atoms with Gasteiger partial charge in [0.15, 0.2) is 0 Å². The highest BCUT2D eigenvalue weighted by atomic mass is 16.1. The second kappa shape index (κ2) is 6.36. The topological polar surface area (TPSA) is 66.8 Å². The highest BCUT2D eigenvalue weighted by molar-refractivity contribution is 5.77. The van der Waals surface area contributed by atoms with Gasteiger partial charge in [0, 0.05) is 25.7 Å². The lowest BCUT2D eigenvalue weighted by Gasteiger charge is -2.25. The lowest BCUT2D eigenvalue weighted by atomic mass is 10.1. The summed E-state index contributed by atoms with van der Waals surface area (Å²) in [6.07, 6.45) is 7.75. The predicted octanol–water partition coefficient (Wildman–Crippen LogP) is 2.79. The number of aromatic amines is 1. The molecule has 4 heterocycles. The Bertz CT molecular complexity index is 1000. The van der Waals surface area contributed by atoms with Gasteiger partial charge in [-0.15, -0.1) is 0 Å². The molecule has 1 saturated heterocycles. The Hall–Kier alpha value is -2.47. The van der Waals surface area contributed by atoms with E-state index in [9.17, 15) is 4.79 Å². The van der Waals surface area contributed by atoms with Crippen LogP contribution in [0.5, 0.6) is 0 Å². The molecule has 6 nitrogen and oxygen atoms in total. The standard InChI is InChI=1S/C20H23N5O/c26-20-15-6-1-2-7-16(15)22-19(23-20)17-8-5-10-24(17)13-14-12-21-18-9-3-4-11-25(14)18/h1-2,6-7,12,17H,3-5,8-11,13H2,(H,22,23,26). The van der Waals surface area contributed by atoms with E-state index in [1.807, 2.05) is 30.5 Å². The normalized spacial score (nSPS) is 20.5. The number of para-hydroxylation sites is 1.